The van der Waals surface area contributed by atoms with Gasteiger partial charge in [-0.05, 0) is 12.1 Å². The van der Waals surface area contributed by atoms with E-state index in [0.717, 1.165) is 6.20 Å². The zero-order valence-electron chi connectivity index (χ0n) is 10.9. The number of aromatic amines is 1. The van der Waals surface area contributed by atoms with Gasteiger partial charge in [0.25, 0.3) is 5.43 Å². The van der Waals surface area contributed by atoms with Gasteiger partial charge in [0, 0.05) is 6.20 Å². The van der Waals surface area contributed by atoms with E-state index in [1.165, 1.54) is 6.20 Å². The van der Waals surface area contributed by atoms with E-state index in [0.29, 0.717) is 5.52 Å². The van der Waals surface area contributed by atoms with Gasteiger partial charge in [-0.2, -0.15) is 0 Å². The van der Waals surface area contributed by atoms with E-state index in [1.807, 2.05) is 27.7 Å². The van der Waals surface area contributed by atoms with E-state index < -0.39 is 16.0 Å². The molecule has 0 aliphatic heterocycles. The van der Waals surface area contributed by atoms with Crippen LogP contribution in [0.3, 0.4) is 0 Å². The highest BCUT2D eigenvalue weighted by Gasteiger charge is 2.14. The molecular weight excluding hydrogens is 234 g/mol. The first-order chi connectivity index (χ1) is 8.70. The van der Waals surface area contributed by atoms with Crippen molar-refractivity contribution in [1.82, 2.24) is 9.97 Å². The van der Waals surface area contributed by atoms with Crippen LogP contribution >= 0.6 is 0 Å². The Bertz CT molecular complexity index is 564. The molecule has 2 aromatic heterocycles. The maximum Gasteiger partial charge on any atom is 0.334 e. The van der Waals surface area contributed by atoms with Crippen molar-refractivity contribution < 1.29 is 4.92 Å². The van der Waals surface area contributed by atoms with Gasteiger partial charge in [0.05, 0.1) is 16.6 Å². The highest BCUT2D eigenvalue weighted by atomic mass is 16.6. The van der Waals surface area contributed by atoms with Gasteiger partial charge in [0.1, 0.15) is 5.52 Å². The summed E-state index contributed by atoms with van der Waals surface area (Å²) in [5, 5.41) is 10.4. The third kappa shape index (κ3) is 3.38. The summed E-state index contributed by atoms with van der Waals surface area (Å²) in [6.45, 7) is 8.00. The molecule has 0 spiro atoms. The Morgan fingerprint density at radius 1 is 1.28 bits per heavy atom. The lowest BCUT2D eigenvalue weighted by Gasteiger charge is -1.95. The SMILES string of the molecule is CC.CC.O=c1c([N+](=O)[O-])c[nH]c2cccnc12. The van der Waals surface area contributed by atoms with Gasteiger partial charge >= 0.3 is 5.69 Å². The normalized spacial score (nSPS) is 8.67. The van der Waals surface area contributed by atoms with Gasteiger partial charge in [0.15, 0.2) is 0 Å². The van der Waals surface area contributed by atoms with Crippen LogP contribution in [0.2, 0.25) is 0 Å². The molecule has 0 bridgehead atoms. The summed E-state index contributed by atoms with van der Waals surface area (Å²) >= 11 is 0. The molecule has 0 saturated carbocycles. The Morgan fingerprint density at radius 2 is 1.89 bits per heavy atom. The van der Waals surface area contributed by atoms with E-state index in [2.05, 4.69) is 9.97 Å². The van der Waals surface area contributed by atoms with Gasteiger partial charge in [-0.25, -0.2) is 0 Å². The average Bonchev–Trinajstić information content (AvgIpc) is 2.43. The summed E-state index contributed by atoms with van der Waals surface area (Å²) in [7, 11) is 0. The maximum absolute atomic E-state index is 11.4. The van der Waals surface area contributed by atoms with E-state index >= 15 is 0 Å². The van der Waals surface area contributed by atoms with E-state index in [-0.39, 0.29) is 5.52 Å². The van der Waals surface area contributed by atoms with E-state index in [4.69, 9.17) is 0 Å². The summed E-state index contributed by atoms with van der Waals surface area (Å²) in [6.07, 6.45) is 2.49. The van der Waals surface area contributed by atoms with Gasteiger partial charge < -0.3 is 4.98 Å². The molecule has 2 rings (SSSR count). The molecule has 0 saturated heterocycles. The fourth-order valence-corrected chi connectivity index (χ4v) is 1.17. The molecule has 0 aliphatic carbocycles. The minimum atomic E-state index is -0.729. The molecule has 0 amide bonds. The highest BCUT2D eigenvalue weighted by molar-refractivity contribution is 5.75. The fraction of sp³-hybridized carbons (Fsp3) is 0.333. The molecule has 98 valence electrons. The minimum absolute atomic E-state index is 0.0849. The van der Waals surface area contributed by atoms with Crippen LogP contribution in [-0.4, -0.2) is 14.9 Å². The van der Waals surface area contributed by atoms with Crippen LogP contribution in [0, 0.1) is 10.1 Å². The lowest BCUT2D eigenvalue weighted by Crippen LogP contribution is -2.10. The Morgan fingerprint density at radius 3 is 2.44 bits per heavy atom. The monoisotopic (exact) mass is 251 g/mol. The van der Waals surface area contributed by atoms with Crippen LogP contribution in [0.4, 0.5) is 5.69 Å². The summed E-state index contributed by atoms with van der Waals surface area (Å²) in [4.78, 5) is 27.6. The van der Waals surface area contributed by atoms with Crippen molar-refractivity contribution in [3.05, 3.63) is 44.9 Å². The van der Waals surface area contributed by atoms with Crippen LogP contribution in [0.25, 0.3) is 11.0 Å². The summed E-state index contributed by atoms with van der Waals surface area (Å²) in [5.41, 5.74) is -0.578. The second kappa shape index (κ2) is 7.94. The highest BCUT2D eigenvalue weighted by Crippen LogP contribution is 2.08. The van der Waals surface area contributed by atoms with Crippen molar-refractivity contribution in [1.29, 1.82) is 0 Å². The van der Waals surface area contributed by atoms with Gasteiger partial charge in [-0.1, -0.05) is 27.7 Å². The van der Waals surface area contributed by atoms with Gasteiger partial charge in [0.2, 0.25) is 0 Å². The summed E-state index contributed by atoms with van der Waals surface area (Å²) < 4.78 is 0. The smallest absolute Gasteiger partial charge is 0.334 e. The summed E-state index contributed by atoms with van der Waals surface area (Å²) in [5.74, 6) is 0. The topological polar surface area (TPSA) is 88.9 Å². The number of nitro groups is 1. The lowest BCUT2D eigenvalue weighted by molar-refractivity contribution is -0.386. The van der Waals surface area contributed by atoms with Crippen LogP contribution in [0.5, 0.6) is 0 Å². The largest absolute Gasteiger partial charge is 0.354 e. The number of hydrogen-bond donors (Lipinski definition) is 1. The summed E-state index contributed by atoms with van der Waals surface area (Å²) in [6, 6.07) is 3.28. The van der Waals surface area contributed by atoms with Crippen molar-refractivity contribution in [2.45, 2.75) is 27.7 Å². The molecule has 0 fully saturated rings. The minimum Gasteiger partial charge on any atom is -0.354 e. The fourth-order valence-electron chi connectivity index (χ4n) is 1.17. The predicted octanol–water partition coefficient (Wildman–Crippen LogP) is 2.88. The maximum atomic E-state index is 11.4. The number of hydrogen-bond acceptors (Lipinski definition) is 4. The molecule has 0 aromatic carbocycles. The van der Waals surface area contributed by atoms with Crippen molar-refractivity contribution >= 4 is 16.7 Å². The first-order valence-electron chi connectivity index (χ1n) is 5.81. The van der Waals surface area contributed by atoms with Crippen LogP contribution in [-0.2, 0) is 0 Å². The molecule has 1 N–H and O–H groups in total. The van der Waals surface area contributed by atoms with Gasteiger partial charge in [-0.3, -0.25) is 19.9 Å². The number of pyridine rings is 2. The Labute approximate surface area is 105 Å². The molecule has 6 nitrogen and oxygen atoms in total. The first kappa shape index (κ1) is 15.8. The number of H-pyrrole nitrogens is 1. The molecule has 0 aliphatic rings. The number of rotatable bonds is 1. The molecule has 0 atom stereocenters. The lowest BCUT2D eigenvalue weighted by atomic mass is 10.3. The molecule has 18 heavy (non-hydrogen) atoms. The number of fused-ring (bicyclic) bond motifs is 1. The second-order valence-corrected chi connectivity index (χ2v) is 2.66. The predicted molar refractivity (Wildman–Crippen MR) is 71.7 cm³/mol. The quantitative estimate of drug-likeness (QED) is 0.623. The molecule has 0 radical (unpaired) electrons. The van der Waals surface area contributed by atoms with Crippen LogP contribution < -0.4 is 5.43 Å². The zero-order chi connectivity index (χ0) is 14.1. The zero-order valence-corrected chi connectivity index (χ0v) is 10.9. The Kier molecular flexibility index (Phi) is 6.95. The molecule has 2 aromatic rings. The molecule has 6 heteroatoms. The van der Waals surface area contributed by atoms with Crippen molar-refractivity contribution in [2.24, 2.45) is 0 Å². The average molecular weight is 251 g/mol. The first-order valence-corrected chi connectivity index (χ1v) is 5.81. The Hall–Kier alpha value is -2.24. The Balaban J connectivity index is 0.000000659. The molecule has 2 heterocycles. The van der Waals surface area contributed by atoms with E-state index in [1.54, 1.807) is 12.1 Å². The van der Waals surface area contributed by atoms with Crippen molar-refractivity contribution in [3.63, 3.8) is 0 Å². The van der Waals surface area contributed by atoms with Crippen LogP contribution in [0.15, 0.2) is 29.3 Å². The standard InChI is InChI=1S/C8H5N3O3.2C2H6/c12-8-6(11(13)14)4-10-5-2-1-3-9-7(5)8;2*1-2/h1-4H,(H,10,12);2*1-2H3. The van der Waals surface area contributed by atoms with Crippen molar-refractivity contribution in [2.75, 3.05) is 0 Å². The van der Waals surface area contributed by atoms with Crippen LogP contribution in [0.1, 0.15) is 27.7 Å². The number of aromatic nitrogens is 2. The number of nitrogens with one attached hydrogen (secondary N) is 1. The van der Waals surface area contributed by atoms with Gasteiger partial charge in [-0.15, -0.1) is 0 Å². The van der Waals surface area contributed by atoms with Crippen molar-refractivity contribution in [3.8, 4) is 0 Å². The second-order valence-electron chi connectivity index (χ2n) is 2.66. The number of nitrogens with zero attached hydrogens (tertiary/aromatic N) is 2. The molecule has 0 unspecified atom stereocenters. The molecular formula is C12H17N3O3. The third-order valence-corrected chi connectivity index (χ3v) is 1.82. The van der Waals surface area contributed by atoms with E-state index in [9.17, 15) is 14.9 Å². The third-order valence-electron chi connectivity index (χ3n) is 1.82.